The summed E-state index contributed by atoms with van der Waals surface area (Å²) < 4.78 is 32.9. The van der Waals surface area contributed by atoms with Crippen molar-refractivity contribution >= 4 is 11.6 Å². The van der Waals surface area contributed by atoms with Gasteiger partial charge in [-0.25, -0.2) is 8.78 Å². The molecular weight excluding hydrogens is 324 g/mol. The Balaban J connectivity index is 1.70. The zero-order valence-electron chi connectivity index (χ0n) is 13.4. The lowest BCUT2D eigenvalue weighted by Gasteiger charge is -2.09. The van der Waals surface area contributed by atoms with Gasteiger partial charge in [-0.1, -0.05) is 23.8 Å². The molecule has 0 aliphatic heterocycles. The Morgan fingerprint density at radius 1 is 0.840 bits per heavy atom. The Hall–Kier alpha value is -3.21. The van der Waals surface area contributed by atoms with Crippen molar-refractivity contribution in [3.05, 3.63) is 89.5 Å². The minimum Gasteiger partial charge on any atom is -0.457 e. The fourth-order valence-electron chi connectivity index (χ4n) is 2.26. The third-order valence-electron chi connectivity index (χ3n) is 3.56. The lowest BCUT2D eigenvalue weighted by Crippen LogP contribution is -2.15. The molecule has 0 aromatic heterocycles. The van der Waals surface area contributed by atoms with Gasteiger partial charge in [-0.15, -0.1) is 0 Å². The molecular formula is C20H15F2NO2. The van der Waals surface area contributed by atoms with Crippen molar-refractivity contribution in [1.29, 1.82) is 0 Å². The van der Waals surface area contributed by atoms with Crippen LogP contribution < -0.4 is 10.1 Å². The average molecular weight is 339 g/mol. The van der Waals surface area contributed by atoms with Crippen LogP contribution in [0.3, 0.4) is 0 Å². The molecule has 0 fully saturated rings. The maximum atomic E-state index is 13.6. The summed E-state index contributed by atoms with van der Waals surface area (Å²) in [5, 5.41) is 2.46. The number of amides is 1. The van der Waals surface area contributed by atoms with Crippen molar-refractivity contribution in [2.24, 2.45) is 0 Å². The first-order valence-corrected chi connectivity index (χ1v) is 7.63. The molecule has 0 aliphatic rings. The van der Waals surface area contributed by atoms with E-state index in [1.165, 1.54) is 6.07 Å². The quantitative estimate of drug-likeness (QED) is 0.699. The Morgan fingerprint density at radius 2 is 1.36 bits per heavy atom. The summed E-state index contributed by atoms with van der Waals surface area (Å²) in [5.41, 5.74) is 0.928. The number of anilines is 1. The number of carbonyl (C=O) groups is 1. The molecule has 5 heteroatoms. The molecule has 0 radical (unpaired) electrons. The second-order valence-electron chi connectivity index (χ2n) is 5.49. The van der Waals surface area contributed by atoms with Crippen LogP contribution in [0, 0.1) is 18.6 Å². The van der Waals surface area contributed by atoms with Gasteiger partial charge >= 0.3 is 0 Å². The van der Waals surface area contributed by atoms with E-state index in [2.05, 4.69) is 5.32 Å². The van der Waals surface area contributed by atoms with Crippen LogP contribution in [0.25, 0.3) is 0 Å². The maximum absolute atomic E-state index is 13.6. The van der Waals surface area contributed by atoms with Crippen molar-refractivity contribution < 1.29 is 18.3 Å². The van der Waals surface area contributed by atoms with Crippen LogP contribution in [0.15, 0.2) is 66.7 Å². The summed E-state index contributed by atoms with van der Waals surface area (Å²) in [4.78, 5) is 12.0. The molecule has 0 saturated heterocycles. The highest BCUT2D eigenvalue weighted by Crippen LogP contribution is 2.24. The summed E-state index contributed by atoms with van der Waals surface area (Å²) in [6.45, 7) is 1.99. The molecule has 3 aromatic rings. The Labute approximate surface area is 143 Å². The van der Waals surface area contributed by atoms with Crippen LogP contribution in [0.4, 0.5) is 14.5 Å². The van der Waals surface area contributed by atoms with Gasteiger partial charge in [-0.2, -0.15) is 0 Å². The van der Waals surface area contributed by atoms with Crippen molar-refractivity contribution in [2.45, 2.75) is 6.92 Å². The smallest absolute Gasteiger partial charge is 0.261 e. The molecule has 0 unspecified atom stereocenters. The van der Waals surface area contributed by atoms with E-state index in [9.17, 15) is 13.6 Å². The van der Waals surface area contributed by atoms with Gasteiger partial charge in [-0.05, 0) is 55.5 Å². The van der Waals surface area contributed by atoms with Crippen LogP contribution in [0.5, 0.6) is 11.5 Å². The summed E-state index contributed by atoms with van der Waals surface area (Å²) in [5.74, 6) is -1.38. The van der Waals surface area contributed by atoms with Gasteiger partial charge in [-0.3, -0.25) is 4.79 Å². The standard InChI is InChI=1S/C20H15F2NO2/c1-13-5-9-15(10-6-13)25-16-11-7-14(8-12-16)23-20(24)19-17(21)3-2-4-18(19)22/h2-12H,1H3,(H,23,24). The molecule has 1 amide bonds. The molecule has 0 heterocycles. The third-order valence-corrected chi connectivity index (χ3v) is 3.56. The molecule has 0 saturated carbocycles. The number of halogens is 2. The van der Waals surface area contributed by atoms with Gasteiger partial charge in [0, 0.05) is 5.69 Å². The van der Waals surface area contributed by atoms with E-state index in [0.717, 1.165) is 17.7 Å². The van der Waals surface area contributed by atoms with E-state index >= 15 is 0 Å². The summed E-state index contributed by atoms with van der Waals surface area (Å²) in [7, 11) is 0. The lowest BCUT2D eigenvalue weighted by molar-refractivity contribution is 0.101. The normalized spacial score (nSPS) is 10.4. The van der Waals surface area contributed by atoms with Crippen LogP contribution >= 0.6 is 0 Å². The SMILES string of the molecule is Cc1ccc(Oc2ccc(NC(=O)c3c(F)cccc3F)cc2)cc1. The number of carbonyl (C=O) groups excluding carboxylic acids is 1. The van der Waals surface area contributed by atoms with Gasteiger partial charge in [0.15, 0.2) is 0 Å². The van der Waals surface area contributed by atoms with Crippen molar-refractivity contribution in [2.75, 3.05) is 5.32 Å². The molecule has 3 aromatic carbocycles. The maximum Gasteiger partial charge on any atom is 0.261 e. The van der Waals surface area contributed by atoms with Crippen LogP contribution in [-0.4, -0.2) is 5.91 Å². The van der Waals surface area contributed by atoms with E-state index in [-0.39, 0.29) is 0 Å². The molecule has 3 nitrogen and oxygen atoms in total. The highest BCUT2D eigenvalue weighted by atomic mass is 19.1. The Morgan fingerprint density at radius 3 is 1.92 bits per heavy atom. The fourth-order valence-corrected chi connectivity index (χ4v) is 2.26. The first-order chi connectivity index (χ1) is 12.0. The van der Waals surface area contributed by atoms with Crippen LogP contribution in [0.1, 0.15) is 15.9 Å². The second kappa shape index (κ2) is 7.13. The van der Waals surface area contributed by atoms with E-state index in [0.29, 0.717) is 17.2 Å². The Bertz CT molecular complexity index is 870. The fraction of sp³-hybridized carbons (Fsp3) is 0.0500. The van der Waals surface area contributed by atoms with Crippen molar-refractivity contribution in [3.8, 4) is 11.5 Å². The van der Waals surface area contributed by atoms with E-state index in [1.54, 1.807) is 24.3 Å². The van der Waals surface area contributed by atoms with E-state index in [4.69, 9.17) is 4.74 Å². The molecule has 0 spiro atoms. The topological polar surface area (TPSA) is 38.3 Å². The van der Waals surface area contributed by atoms with E-state index < -0.39 is 23.1 Å². The summed E-state index contributed by atoms with van der Waals surface area (Å²) in [6, 6.07) is 17.4. The van der Waals surface area contributed by atoms with Gasteiger partial charge in [0.1, 0.15) is 28.7 Å². The Kier molecular flexibility index (Phi) is 4.75. The van der Waals surface area contributed by atoms with Gasteiger partial charge in [0.25, 0.3) is 5.91 Å². The predicted octanol–water partition coefficient (Wildman–Crippen LogP) is 5.32. The van der Waals surface area contributed by atoms with Gasteiger partial charge in [0.05, 0.1) is 0 Å². The molecule has 0 bridgehead atoms. The number of benzene rings is 3. The second-order valence-corrected chi connectivity index (χ2v) is 5.49. The molecule has 126 valence electrons. The third kappa shape index (κ3) is 4.01. The monoisotopic (exact) mass is 339 g/mol. The molecule has 0 aliphatic carbocycles. The summed E-state index contributed by atoms with van der Waals surface area (Å²) >= 11 is 0. The number of rotatable bonds is 4. The molecule has 0 atom stereocenters. The highest BCUT2D eigenvalue weighted by Gasteiger charge is 2.17. The first kappa shape index (κ1) is 16.6. The number of hydrogen-bond acceptors (Lipinski definition) is 2. The van der Waals surface area contributed by atoms with Crippen LogP contribution in [-0.2, 0) is 0 Å². The number of aryl methyl sites for hydroxylation is 1. The van der Waals surface area contributed by atoms with Crippen LogP contribution in [0.2, 0.25) is 0 Å². The lowest BCUT2D eigenvalue weighted by atomic mass is 10.1. The van der Waals surface area contributed by atoms with Crippen molar-refractivity contribution in [3.63, 3.8) is 0 Å². The predicted molar refractivity (Wildman–Crippen MR) is 92.0 cm³/mol. The number of ether oxygens (including phenoxy) is 1. The minimum atomic E-state index is -0.906. The molecule has 25 heavy (non-hydrogen) atoms. The largest absolute Gasteiger partial charge is 0.457 e. The first-order valence-electron chi connectivity index (χ1n) is 7.63. The average Bonchev–Trinajstić information content (AvgIpc) is 2.58. The van der Waals surface area contributed by atoms with Gasteiger partial charge in [0.2, 0.25) is 0 Å². The zero-order valence-corrected chi connectivity index (χ0v) is 13.4. The van der Waals surface area contributed by atoms with Crippen molar-refractivity contribution in [1.82, 2.24) is 0 Å². The molecule has 1 N–H and O–H groups in total. The zero-order chi connectivity index (χ0) is 17.8. The van der Waals surface area contributed by atoms with E-state index in [1.807, 2.05) is 31.2 Å². The molecule has 3 rings (SSSR count). The number of hydrogen-bond donors (Lipinski definition) is 1. The summed E-state index contributed by atoms with van der Waals surface area (Å²) in [6.07, 6.45) is 0. The highest BCUT2D eigenvalue weighted by molar-refractivity contribution is 6.04. The number of nitrogens with one attached hydrogen (secondary N) is 1. The van der Waals surface area contributed by atoms with Gasteiger partial charge < -0.3 is 10.1 Å². The minimum absolute atomic E-state index is 0.406.